The molecule has 0 saturated carbocycles. The Labute approximate surface area is 103 Å². The third-order valence-corrected chi connectivity index (χ3v) is 2.24. The van der Waals surface area contributed by atoms with Gasteiger partial charge >= 0.3 is 5.97 Å². The first-order chi connectivity index (χ1) is 8.79. The lowest BCUT2D eigenvalue weighted by Gasteiger charge is -2.03. The van der Waals surface area contributed by atoms with E-state index in [1.165, 1.54) is 19.7 Å². The average Bonchev–Trinajstić information content (AvgIpc) is 2.92. The number of ether oxygens (including phenoxy) is 1. The van der Waals surface area contributed by atoms with Gasteiger partial charge in [-0.3, -0.25) is 4.98 Å². The summed E-state index contributed by atoms with van der Waals surface area (Å²) in [5, 5.41) is 6.77. The Morgan fingerprint density at radius 2 is 2.28 bits per heavy atom. The van der Waals surface area contributed by atoms with Crippen LogP contribution in [0.4, 0.5) is 0 Å². The SMILES string of the molecule is COC(=O)c1ccc(CNCc2ncon2)nc1. The highest BCUT2D eigenvalue weighted by atomic mass is 16.5. The lowest BCUT2D eigenvalue weighted by atomic mass is 10.2. The number of carbonyl (C=O) groups is 1. The molecule has 0 aliphatic rings. The van der Waals surface area contributed by atoms with E-state index in [1.807, 2.05) is 0 Å². The van der Waals surface area contributed by atoms with E-state index < -0.39 is 5.97 Å². The lowest BCUT2D eigenvalue weighted by molar-refractivity contribution is 0.0600. The number of aromatic nitrogens is 3. The van der Waals surface area contributed by atoms with Crippen molar-refractivity contribution in [3.63, 3.8) is 0 Å². The molecular formula is C11H12N4O3. The Morgan fingerprint density at radius 1 is 1.39 bits per heavy atom. The normalized spacial score (nSPS) is 10.3. The zero-order valence-electron chi connectivity index (χ0n) is 9.79. The topological polar surface area (TPSA) is 90.1 Å². The van der Waals surface area contributed by atoms with Gasteiger partial charge in [0, 0.05) is 12.7 Å². The molecular weight excluding hydrogens is 236 g/mol. The molecule has 0 fully saturated rings. The third-order valence-electron chi connectivity index (χ3n) is 2.24. The smallest absolute Gasteiger partial charge is 0.339 e. The van der Waals surface area contributed by atoms with Gasteiger partial charge < -0.3 is 14.6 Å². The minimum atomic E-state index is -0.395. The predicted octanol–water partition coefficient (Wildman–Crippen LogP) is 0.541. The van der Waals surface area contributed by atoms with E-state index in [-0.39, 0.29) is 0 Å². The maximum absolute atomic E-state index is 11.2. The van der Waals surface area contributed by atoms with Crippen molar-refractivity contribution in [2.45, 2.75) is 13.1 Å². The summed E-state index contributed by atoms with van der Waals surface area (Å²) in [6.07, 6.45) is 2.76. The molecule has 0 amide bonds. The molecule has 0 aliphatic carbocycles. The molecule has 0 atom stereocenters. The molecule has 1 N–H and O–H groups in total. The van der Waals surface area contributed by atoms with E-state index in [0.29, 0.717) is 24.5 Å². The van der Waals surface area contributed by atoms with Gasteiger partial charge in [0.25, 0.3) is 0 Å². The molecule has 2 aromatic heterocycles. The van der Waals surface area contributed by atoms with E-state index in [4.69, 9.17) is 0 Å². The molecule has 2 heterocycles. The molecule has 0 bridgehead atoms. The quantitative estimate of drug-likeness (QED) is 0.772. The van der Waals surface area contributed by atoms with Gasteiger partial charge in [-0.2, -0.15) is 4.98 Å². The molecule has 7 heteroatoms. The molecule has 0 aliphatic heterocycles. The molecule has 7 nitrogen and oxygen atoms in total. The van der Waals surface area contributed by atoms with Gasteiger partial charge in [-0.15, -0.1) is 0 Å². The van der Waals surface area contributed by atoms with Crippen LogP contribution < -0.4 is 5.32 Å². The monoisotopic (exact) mass is 248 g/mol. The fraction of sp³-hybridized carbons (Fsp3) is 0.273. The summed E-state index contributed by atoms with van der Waals surface area (Å²) in [5.41, 5.74) is 1.24. The standard InChI is InChI=1S/C11H12N4O3/c1-17-11(16)8-2-3-9(13-4-8)5-12-6-10-14-7-18-15-10/h2-4,7,12H,5-6H2,1H3. The van der Waals surface area contributed by atoms with Gasteiger partial charge in [0.15, 0.2) is 5.82 Å². The molecule has 94 valence electrons. The number of rotatable bonds is 5. The highest BCUT2D eigenvalue weighted by molar-refractivity contribution is 5.88. The summed E-state index contributed by atoms with van der Waals surface area (Å²) in [6.45, 7) is 1.05. The van der Waals surface area contributed by atoms with Crippen molar-refractivity contribution >= 4 is 5.97 Å². The van der Waals surface area contributed by atoms with E-state index >= 15 is 0 Å². The van der Waals surface area contributed by atoms with E-state index in [1.54, 1.807) is 12.1 Å². The molecule has 2 aromatic rings. The summed E-state index contributed by atoms with van der Waals surface area (Å²) in [6, 6.07) is 3.43. The highest BCUT2D eigenvalue weighted by Crippen LogP contribution is 2.02. The van der Waals surface area contributed by atoms with Crippen molar-refractivity contribution in [2.75, 3.05) is 7.11 Å². The summed E-state index contributed by atoms with van der Waals surface area (Å²) >= 11 is 0. The molecule has 0 radical (unpaired) electrons. The van der Waals surface area contributed by atoms with Crippen LogP contribution in [0.15, 0.2) is 29.2 Å². The van der Waals surface area contributed by atoms with Crippen molar-refractivity contribution in [2.24, 2.45) is 0 Å². The number of hydrogen-bond acceptors (Lipinski definition) is 7. The number of nitrogens with zero attached hydrogens (tertiary/aromatic N) is 3. The van der Waals surface area contributed by atoms with Crippen LogP contribution in [-0.4, -0.2) is 28.2 Å². The van der Waals surface area contributed by atoms with Crippen LogP contribution in [0.3, 0.4) is 0 Å². The highest BCUT2D eigenvalue weighted by Gasteiger charge is 2.05. The number of pyridine rings is 1. The molecule has 0 unspecified atom stereocenters. The third kappa shape index (κ3) is 3.11. The van der Waals surface area contributed by atoms with E-state index in [2.05, 4.69) is 29.7 Å². The molecule has 18 heavy (non-hydrogen) atoms. The number of methoxy groups -OCH3 is 1. The minimum absolute atomic E-state index is 0.395. The Hall–Kier alpha value is -2.28. The molecule has 0 saturated heterocycles. The van der Waals surface area contributed by atoms with Crippen LogP contribution in [0.25, 0.3) is 0 Å². The average molecular weight is 248 g/mol. The second kappa shape index (κ2) is 5.87. The fourth-order valence-corrected chi connectivity index (χ4v) is 1.34. The maximum atomic E-state index is 11.2. The molecule has 0 spiro atoms. The largest absolute Gasteiger partial charge is 0.465 e. The second-order valence-electron chi connectivity index (χ2n) is 3.48. The lowest BCUT2D eigenvalue weighted by Crippen LogP contribution is -2.15. The number of nitrogens with one attached hydrogen (secondary N) is 1. The predicted molar refractivity (Wildman–Crippen MR) is 60.4 cm³/mol. The van der Waals surface area contributed by atoms with Crippen LogP contribution in [0.5, 0.6) is 0 Å². The Morgan fingerprint density at radius 3 is 2.89 bits per heavy atom. The summed E-state index contributed by atoms with van der Waals surface area (Å²) in [5.74, 6) is 0.190. The zero-order valence-corrected chi connectivity index (χ0v) is 9.79. The number of esters is 1. The Bertz CT molecular complexity index is 496. The van der Waals surface area contributed by atoms with Crippen LogP contribution in [-0.2, 0) is 17.8 Å². The second-order valence-corrected chi connectivity index (χ2v) is 3.48. The first-order valence-corrected chi connectivity index (χ1v) is 5.29. The molecule has 0 aromatic carbocycles. The summed E-state index contributed by atoms with van der Waals surface area (Å²) < 4.78 is 9.19. The summed E-state index contributed by atoms with van der Waals surface area (Å²) in [4.78, 5) is 19.2. The maximum Gasteiger partial charge on any atom is 0.339 e. The van der Waals surface area contributed by atoms with Crippen LogP contribution in [0.2, 0.25) is 0 Å². The van der Waals surface area contributed by atoms with Crippen molar-refractivity contribution in [1.82, 2.24) is 20.4 Å². The van der Waals surface area contributed by atoms with Crippen molar-refractivity contribution in [1.29, 1.82) is 0 Å². The Balaban J connectivity index is 1.85. The number of carbonyl (C=O) groups excluding carboxylic acids is 1. The van der Waals surface area contributed by atoms with Crippen molar-refractivity contribution in [3.05, 3.63) is 41.8 Å². The van der Waals surface area contributed by atoms with Crippen LogP contribution in [0.1, 0.15) is 21.9 Å². The zero-order chi connectivity index (χ0) is 12.8. The van der Waals surface area contributed by atoms with E-state index in [0.717, 1.165) is 5.69 Å². The first kappa shape index (κ1) is 12.2. The summed E-state index contributed by atoms with van der Waals surface area (Å²) in [7, 11) is 1.34. The first-order valence-electron chi connectivity index (χ1n) is 5.29. The van der Waals surface area contributed by atoms with Gasteiger partial charge in [-0.05, 0) is 12.1 Å². The van der Waals surface area contributed by atoms with Gasteiger partial charge in [0.05, 0.1) is 24.9 Å². The van der Waals surface area contributed by atoms with Gasteiger partial charge in [-0.25, -0.2) is 4.79 Å². The molecule has 2 rings (SSSR count). The number of hydrogen-bond donors (Lipinski definition) is 1. The van der Waals surface area contributed by atoms with Crippen LogP contribution in [0, 0.1) is 0 Å². The fourth-order valence-electron chi connectivity index (χ4n) is 1.34. The van der Waals surface area contributed by atoms with E-state index in [9.17, 15) is 4.79 Å². The van der Waals surface area contributed by atoms with Gasteiger partial charge in [0.2, 0.25) is 6.39 Å². The van der Waals surface area contributed by atoms with Gasteiger partial charge in [0.1, 0.15) is 0 Å². The van der Waals surface area contributed by atoms with Gasteiger partial charge in [-0.1, -0.05) is 5.16 Å². The van der Waals surface area contributed by atoms with Crippen molar-refractivity contribution < 1.29 is 14.1 Å². The Kier molecular flexibility index (Phi) is 3.98. The minimum Gasteiger partial charge on any atom is -0.465 e. The van der Waals surface area contributed by atoms with Crippen LogP contribution >= 0.6 is 0 Å². The van der Waals surface area contributed by atoms with Crippen molar-refractivity contribution in [3.8, 4) is 0 Å².